The highest BCUT2D eigenvalue weighted by molar-refractivity contribution is 7.14. The van der Waals surface area contributed by atoms with Crippen LogP contribution < -0.4 is 9.54 Å². The van der Waals surface area contributed by atoms with Crippen LogP contribution in [0.15, 0.2) is 74.8 Å². The maximum Gasteiger partial charge on any atom is 0.211 e. The maximum atomic E-state index is 5.29. The Morgan fingerprint density at radius 1 is 1.00 bits per heavy atom. The van der Waals surface area contributed by atoms with Crippen molar-refractivity contribution in [1.29, 1.82) is 0 Å². The zero-order valence-corrected chi connectivity index (χ0v) is 16.4. The summed E-state index contributed by atoms with van der Waals surface area (Å²) in [4.78, 5) is 7.86. The minimum Gasteiger partial charge on any atom is -0.497 e. The molecule has 3 heterocycles. The second-order valence-corrected chi connectivity index (χ2v) is 8.03. The minimum absolute atomic E-state index is 0.787. The van der Waals surface area contributed by atoms with Crippen LogP contribution in [0.1, 0.15) is 4.88 Å². The Balaban J connectivity index is 1.82. The van der Waals surface area contributed by atoms with E-state index in [-0.39, 0.29) is 0 Å². The van der Waals surface area contributed by atoms with Gasteiger partial charge in [-0.25, -0.2) is 9.67 Å². The molecule has 7 heteroatoms. The van der Waals surface area contributed by atoms with Gasteiger partial charge in [0.15, 0.2) is 0 Å². The van der Waals surface area contributed by atoms with Crippen LogP contribution in [-0.2, 0) is 0 Å². The topological polar surface area (TPSA) is 38.9 Å². The van der Waals surface area contributed by atoms with Crippen molar-refractivity contribution in [2.24, 2.45) is 10.1 Å². The predicted octanol–water partition coefficient (Wildman–Crippen LogP) is 5.46. The fraction of sp³-hybridized carbons (Fsp3) is 0.0526. The van der Waals surface area contributed by atoms with Gasteiger partial charge < -0.3 is 4.74 Å². The number of ether oxygens (including phenoxy) is 1. The van der Waals surface area contributed by atoms with Gasteiger partial charge in [0.05, 0.1) is 29.6 Å². The van der Waals surface area contributed by atoms with Crippen LogP contribution in [0.5, 0.6) is 5.75 Å². The zero-order valence-electron chi connectivity index (χ0n) is 13.9. The van der Waals surface area contributed by atoms with Crippen molar-refractivity contribution < 1.29 is 4.74 Å². The summed E-state index contributed by atoms with van der Waals surface area (Å²) in [6, 6.07) is 15.9. The zero-order chi connectivity index (χ0) is 17.8. The third kappa shape index (κ3) is 3.70. The van der Waals surface area contributed by atoms with Crippen LogP contribution in [0.2, 0.25) is 0 Å². The molecule has 0 N–H and O–H groups in total. The highest BCUT2D eigenvalue weighted by Gasteiger charge is 2.08. The van der Waals surface area contributed by atoms with Crippen LogP contribution in [0.3, 0.4) is 0 Å². The molecule has 26 heavy (non-hydrogen) atoms. The van der Waals surface area contributed by atoms with Crippen LogP contribution in [0.4, 0.5) is 5.69 Å². The van der Waals surface area contributed by atoms with Crippen molar-refractivity contribution in [2.75, 3.05) is 7.11 Å². The molecule has 4 rings (SSSR count). The van der Waals surface area contributed by atoms with Gasteiger partial charge in [0.2, 0.25) is 4.80 Å². The van der Waals surface area contributed by atoms with Gasteiger partial charge in [-0.05, 0) is 35.0 Å². The monoisotopic (exact) mass is 397 g/mol. The first-order valence-corrected chi connectivity index (χ1v) is 10.5. The molecule has 0 spiro atoms. The minimum atomic E-state index is 0.787. The van der Waals surface area contributed by atoms with E-state index in [1.807, 2.05) is 58.7 Å². The molecule has 130 valence electrons. The van der Waals surface area contributed by atoms with E-state index in [1.54, 1.807) is 41.1 Å². The number of benzene rings is 1. The second-order valence-electron chi connectivity index (χ2n) is 5.27. The van der Waals surface area contributed by atoms with Gasteiger partial charge in [-0.2, -0.15) is 5.10 Å². The number of nitrogens with zero attached hydrogens (tertiary/aromatic N) is 3. The molecular weight excluding hydrogens is 382 g/mol. The van der Waals surface area contributed by atoms with E-state index in [0.717, 1.165) is 31.7 Å². The first-order valence-electron chi connectivity index (χ1n) is 7.84. The summed E-state index contributed by atoms with van der Waals surface area (Å²) in [5, 5.41) is 10.9. The largest absolute Gasteiger partial charge is 0.497 e. The molecule has 0 aliphatic carbocycles. The molecule has 4 aromatic rings. The van der Waals surface area contributed by atoms with Gasteiger partial charge >= 0.3 is 0 Å². The number of hydrogen-bond donors (Lipinski definition) is 0. The molecule has 4 nitrogen and oxygen atoms in total. The normalized spacial score (nSPS) is 12.1. The molecule has 0 fully saturated rings. The number of thiazole rings is 1. The first-order chi connectivity index (χ1) is 12.8. The van der Waals surface area contributed by atoms with Crippen molar-refractivity contribution >= 4 is 45.9 Å². The third-order valence-corrected chi connectivity index (χ3v) is 6.10. The Kier molecular flexibility index (Phi) is 5.10. The Hall–Kier alpha value is -2.48. The number of rotatable bonds is 5. The Morgan fingerprint density at radius 3 is 2.65 bits per heavy atom. The lowest BCUT2D eigenvalue weighted by Crippen LogP contribution is -2.11. The van der Waals surface area contributed by atoms with Crippen LogP contribution >= 0.6 is 34.0 Å². The highest BCUT2D eigenvalue weighted by Crippen LogP contribution is 2.26. The highest BCUT2D eigenvalue weighted by atomic mass is 32.1. The van der Waals surface area contributed by atoms with E-state index in [4.69, 9.17) is 14.8 Å². The van der Waals surface area contributed by atoms with Crippen molar-refractivity contribution in [3.8, 4) is 16.3 Å². The van der Waals surface area contributed by atoms with Gasteiger partial charge in [0.1, 0.15) is 5.75 Å². The maximum absolute atomic E-state index is 5.29. The van der Waals surface area contributed by atoms with Crippen molar-refractivity contribution in [3.05, 3.63) is 74.3 Å². The van der Waals surface area contributed by atoms with E-state index in [1.165, 1.54) is 0 Å². The summed E-state index contributed by atoms with van der Waals surface area (Å²) in [5.41, 5.74) is 1.88. The average molecular weight is 398 g/mol. The van der Waals surface area contributed by atoms with Gasteiger partial charge in [0.25, 0.3) is 0 Å². The molecule has 0 aliphatic rings. The summed E-state index contributed by atoms with van der Waals surface area (Å²) in [7, 11) is 1.66. The van der Waals surface area contributed by atoms with E-state index in [0.29, 0.717) is 0 Å². The molecule has 0 atom stereocenters. The first kappa shape index (κ1) is 17.0. The summed E-state index contributed by atoms with van der Waals surface area (Å²) in [5.74, 6) is 0.787. The third-order valence-electron chi connectivity index (χ3n) is 3.58. The van der Waals surface area contributed by atoms with Crippen molar-refractivity contribution in [3.63, 3.8) is 0 Å². The average Bonchev–Trinajstić information content (AvgIpc) is 3.42. The summed E-state index contributed by atoms with van der Waals surface area (Å²) in [6.45, 7) is 0. The van der Waals surface area contributed by atoms with Crippen molar-refractivity contribution in [1.82, 2.24) is 4.68 Å². The second kappa shape index (κ2) is 7.82. The molecule has 0 unspecified atom stereocenters. The molecular formula is C19H15N3OS3. The van der Waals surface area contributed by atoms with E-state index in [2.05, 4.69) is 16.8 Å². The number of thiophene rings is 2. The molecule has 0 aliphatic heterocycles. The van der Waals surface area contributed by atoms with E-state index >= 15 is 0 Å². The molecule has 3 aromatic heterocycles. The lowest BCUT2D eigenvalue weighted by Gasteiger charge is -2.02. The lowest BCUT2D eigenvalue weighted by atomic mass is 10.3. The van der Waals surface area contributed by atoms with E-state index < -0.39 is 0 Å². The molecule has 0 radical (unpaired) electrons. The molecule has 0 saturated carbocycles. The van der Waals surface area contributed by atoms with Gasteiger partial charge in [-0.3, -0.25) is 0 Å². The van der Waals surface area contributed by atoms with Crippen LogP contribution in [-0.4, -0.2) is 18.0 Å². The molecule has 0 amide bonds. The van der Waals surface area contributed by atoms with Gasteiger partial charge in [0, 0.05) is 16.3 Å². The number of aromatic nitrogens is 1. The Bertz CT molecular complexity index is 1070. The van der Waals surface area contributed by atoms with Crippen molar-refractivity contribution in [2.45, 2.75) is 0 Å². The standard InChI is InChI=1S/C19H15N3OS3/c1-23-15-6-2-5-14(11-15)21-19-22(20-12-16-7-3-9-24-16)17(13-26-19)18-8-4-10-25-18/h2-13H,1H3. The summed E-state index contributed by atoms with van der Waals surface area (Å²) < 4.78 is 7.19. The molecule has 0 saturated heterocycles. The van der Waals surface area contributed by atoms with Crippen LogP contribution in [0, 0.1) is 0 Å². The van der Waals surface area contributed by atoms with E-state index in [9.17, 15) is 0 Å². The Labute approximate surface area is 163 Å². The number of methoxy groups -OCH3 is 1. The van der Waals surface area contributed by atoms with Crippen LogP contribution in [0.25, 0.3) is 10.6 Å². The quantitative estimate of drug-likeness (QED) is 0.412. The van der Waals surface area contributed by atoms with Gasteiger partial charge in [-0.1, -0.05) is 18.2 Å². The lowest BCUT2D eigenvalue weighted by molar-refractivity contribution is 0.415. The summed E-state index contributed by atoms with van der Waals surface area (Å²) in [6.07, 6.45) is 1.87. The smallest absolute Gasteiger partial charge is 0.211 e. The SMILES string of the molecule is COc1cccc(N=c2scc(-c3cccs3)n2N=Cc2cccs2)c1. The molecule has 1 aromatic carbocycles. The fourth-order valence-electron chi connectivity index (χ4n) is 2.35. The molecule has 0 bridgehead atoms. The summed E-state index contributed by atoms with van der Waals surface area (Å²) >= 11 is 4.92. The number of hydrogen-bond acceptors (Lipinski definition) is 6. The predicted molar refractivity (Wildman–Crippen MR) is 111 cm³/mol. The fourth-order valence-corrected chi connectivity index (χ4v) is 4.58. The van der Waals surface area contributed by atoms with Gasteiger partial charge in [-0.15, -0.1) is 34.0 Å². The Morgan fingerprint density at radius 2 is 1.88 bits per heavy atom.